The van der Waals surface area contributed by atoms with Gasteiger partial charge in [0, 0.05) is 18.3 Å². The number of carbonyl (C=O) groups excluding carboxylic acids is 1. The fourth-order valence-corrected chi connectivity index (χ4v) is 1.80. The maximum atomic E-state index is 11.8. The van der Waals surface area contributed by atoms with Crippen LogP contribution in [0.2, 0.25) is 0 Å². The molecule has 1 aromatic rings. The number of hydrogen-bond acceptors (Lipinski definition) is 2. The molecule has 1 rings (SSSR count). The first-order chi connectivity index (χ1) is 8.97. The maximum absolute atomic E-state index is 11.8. The quantitative estimate of drug-likeness (QED) is 0.765. The molecule has 0 heterocycles. The van der Waals surface area contributed by atoms with Crippen molar-refractivity contribution in [2.75, 3.05) is 11.9 Å². The molecule has 0 saturated heterocycles. The molecule has 0 aliphatic rings. The van der Waals surface area contributed by atoms with Gasteiger partial charge in [-0.15, -0.1) is 0 Å². The largest absolute Gasteiger partial charge is 0.396 e. The van der Waals surface area contributed by atoms with E-state index in [1.54, 1.807) is 0 Å². The summed E-state index contributed by atoms with van der Waals surface area (Å²) < 4.78 is 0. The molecular weight excluding hydrogens is 240 g/mol. The lowest BCUT2D eigenvalue weighted by Gasteiger charge is -2.19. The number of aliphatic hydroxyl groups is 1. The van der Waals surface area contributed by atoms with Gasteiger partial charge in [0.2, 0.25) is 0 Å². The average molecular weight is 264 g/mol. The summed E-state index contributed by atoms with van der Waals surface area (Å²) >= 11 is 0. The van der Waals surface area contributed by atoms with Crippen LogP contribution >= 0.6 is 0 Å². The summed E-state index contributed by atoms with van der Waals surface area (Å²) in [5.41, 5.74) is 3.26. The summed E-state index contributed by atoms with van der Waals surface area (Å²) in [5, 5.41) is 14.7. The zero-order valence-corrected chi connectivity index (χ0v) is 12.2. The molecule has 0 aliphatic carbocycles. The molecule has 2 amide bonds. The fraction of sp³-hybridized carbons (Fsp3) is 0.533. The van der Waals surface area contributed by atoms with E-state index >= 15 is 0 Å². The molecule has 0 aromatic heterocycles. The molecule has 0 saturated carbocycles. The number of aryl methyl sites for hydroxylation is 2. The van der Waals surface area contributed by atoms with Crippen LogP contribution in [-0.4, -0.2) is 23.8 Å². The van der Waals surface area contributed by atoms with Crippen LogP contribution in [0.25, 0.3) is 0 Å². The Morgan fingerprint density at radius 1 is 1.37 bits per heavy atom. The van der Waals surface area contributed by atoms with E-state index in [2.05, 4.69) is 24.5 Å². The predicted octanol–water partition coefficient (Wildman–Crippen LogP) is 2.70. The van der Waals surface area contributed by atoms with Gasteiger partial charge in [-0.1, -0.05) is 19.9 Å². The molecule has 4 nitrogen and oxygen atoms in total. The smallest absolute Gasteiger partial charge is 0.319 e. The van der Waals surface area contributed by atoms with Gasteiger partial charge in [-0.2, -0.15) is 0 Å². The Morgan fingerprint density at radius 2 is 2.05 bits per heavy atom. The van der Waals surface area contributed by atoms with Crippen LogP contribution in [0, 0.1) is 12.8 Å². The minimum absolute atomic E-state index is 0.0370. The zero-order chi connectivity index (χ0) is 14.4. The molecule has 0 bridgehead atoms. The summed E-state index contributed by atoms with van der Waals surface area (Å²) in [6, 6.07) is 5.59. The molecule has 1 aromatic carbocycles. The predicted molar refractivity (Wildman–Crippen MR) is 78.4 cm³/mol. The SMILES string of the molecule is CCc1cc(NC(=O)NC(C)C(C)CO)ccc1C. The minimum atomic E-state index is -0.237. The van der Waals surface area contributed by atoms with Crippen molar-refractivity contribution < 1.29 is 9.90 Å². The maximum Gasteiger partial charge on any atom is 0.319 e. The van der Waals surface area contributed by atoms with Crippen LogP contribution in [0.15, 0.2) is 18.2 Å². The van der Waals surface area contributed by atoms with Gasteiger partial charge in [-0.05, 0) is 49.4 Å². The van der Waals surface area contributed by atoms with E-state index in [0.717, 1.165) is 12.1 Å². The number of anilines is 1. The van der Waals surface area contributed by atoms with Crippen molar-refractivity contribution >= 4 is 11.7 Å². The Morgan fingerprint density at radius 3 is 2.63 bits per heavy atom. The molecule has 2 atom stereocenters. The van der Waals surface area contributed by atoms with Gasteiger partial charge in [0.05, 0.1) is 0 Å². The third-order valence-corrected chi connectivity index (χ3v) is 3.49. The second-order valence-electron chi connectivity index (χ2n) is 5.04. The molecule has 0 aliphatic heterocycles. The van der Waals surface area contributed by atoms with Crippen molar-refractivity contribution in [2.24, 2.45) is 5.92 Å². The highest BCUT2D eigenvalue weighted by atomic mass is 16.3. The van der Waals surface area contributed by atoms with Crippen LogP contribution in [-0.2, 0) is 6.42 Å². The minimum Gasteiger partial charge on any atom is -0.396 e. The van der Waals surface area contributed by atoms with E-state index in [4.69, 9.17) is 5.11 Å². The lowest BCUT2D eigenvalue weighted by molar-refractivity contribution is 0.204. The average Bonchev–Trinajstić information content (AvgIpc) is 2.39. The van der Waals surface area contributed by atoms with Crippen molar-refractivity contribution in [2.45, 2.75) is 40.2 Å². The van der Waals surface area contributed by atoms with Gasteiger partial charge in [-0.25, -0.2) is 4.79 Å². The molecule has 3 N–H and O–H groups in total. The lowest BCUT2D eigenvalue weighted by Crippen LogP contribution is -2.40. The Labute approximate surface area is 115 Å². The fourth-order valence-electron chi connectivity index (χ4n) is 1.80. The first kappa shape index (κ1) is 15.5. The van der Waals surface area contributed by atoms with E-state index in [9.17, 15) is 4.79 Å². The first-order valence-electron chi connectivity index (χ1n) is 6.75. The number of benzene rings is 1. The highest BCUT2D eigenvalue weighted by molar-refractivity contribution is 5.89. The Kier molecular flexibility index (Phi) is 5.83. The summed E-state index contributed by atoms with van der Waals surface area (Å²) in [5.74, 6) is 0.0370. The van der Waals surface area contributed by atoms with Crippen LogP contribution in [0.5, 0.6) is 0 Å². The van der Waals surface area contributed by atoms with Gasteiger partial charge >= 0.3 is 6.03 Å². The summed E-state index contributed by atoms with van der Waals surface area (Å²) in [6.07, 6.45) is 0.945. The molecule has 0 spiro atoms. The number of hydrogen-bond donors (Lipinski definition) is 3. The van der Waals surface area contributed by atoms with Crippen LogP contribution in [0.4, 0.5) is 10.5 Å². The summed E-state index contributed by atoms with van der Waals surface area (Å²) in [7, 11) is 0. The number of amides is 2. The van der Waals surface area contributed by atoms with Crippen molar-refractivity contribution in [3.63, 3.8) is 0 Å². The number of urea groups is 1. The normalized spacial score (nSPS) is 13.7. The molecule has 4 heteroatoms. The molecule has 2 unspecified atom stereocenters. The van der Waals surface area contributed by atoms with Gasteiger partial charge in [0.25, 0.3) is 0 Å². The van der Waals surface area contributed by atoms with Crippen molar-refractivity contribution in [1.82, 2.24) is 5.32 Å². The Balaban J connectivity index is 2.62. The Bertz CT molecular complexity index is 432. The second kappa shape index (κ2) is 7.14. The van der Waals surface area contributed by atoms with Crippen LogP contribution in [0.1, 0.15) is 31.9 Å². The number of carbonyl (C=O) groups is 1. The topological polar surface area (TPSA) is 61.4 Å². The third-order valence-electron chi connectivity index (χ3n) is 3.49. The van der Waals surface area contributed by atoms with Gasteiger partial charge in [-0.3, -0.25) is 0 Å². The van der Waals surface area contributed by atoms with Crippen LogP contribution in [0.3, 0.4) is 0 Å². The van der Waals surface area contributed by atoms with E-state index < -0.39 is 0 Å². The first-order valence-corrected chi connectivity index (χ1v) is 6.75. The van der Waals surface area contributed by atoms with E-state index in [1.165, 1.54) is 11.1 Å². The number of nitrogens with one attached hydrogen (secondary N) is 2. The molecule has 106 valence electrons. The third kappa shape index (κ3) is 4.56. The van der Waals surface area contributed by atoms with E-state index in [0.29, 0.717) is 0 Å². The monoisotopic (exact) mass is 264 g/mol. The highest BCUT2D eigenvalue weighted by Crippen LogP contribution is 2.15. The van der Waals surface area contributed by atoms with Crippen molar-refractivity contribution in [3.05, 3.63) is 29.3 Å². The molecule has 0 radical (unpaired) electrons. The second-order valence-corrected chi connectivity index (χ2v) is 5.04. The van der Waals surface area contributed by atoms with Gasteiger partial charge < -0.3 is 15.7 Å². The standard InChI is InChI=1S/C15H24N2O2/c1-5-13-8-14(7-6-10(13)2)17-15(19)16-12(4)11(3)9-18/h6-8,11-12,18H,5,9H2,1-4H3,(H2,16,17,19). The van der Waals surface area contributed by atoms with Crippen molar-refractivity contribution in [1.29, 1.82) is 0 Å². The molecule has 0 fully saturated rings. The van der Waals surface area contributed by atoms with E-state index in [-0.39, 0.29) is 24.6 Å². The Hall–Kier alpha value is -1.55. The zero-order valence-electron chi connectivity index (χ0n) is 12.2. The van der Waals surface area contributed by atoms with Crippen LogP contribution < -0.4 is 10.6 Å². The van der Waals surface area contributed by atoms with E-state index in [1.807, 2.05) is 32.0 Å². The highest BCUT2D eigenvalue weighted by Gasteiger charge is 2.13. The lowest BCUT2D eigenvalue weighted by atomic mass is 10.1. The summed E-state index contributed by atoms with van der Waals surface area (Å²) in [6.45, 7) is 8.00. The number of rotatable bonds is 5. The molecular formula is C15H24N2O2. The molecule has 19 heavy (non-hydrogen) atoms. The number of aliphatic hydroxyl groups excluding tert-OH is 1. The van der Waals surface area contributed by atoms with Gasteiger partial charge in [0.1, 0.15) is 0 Å². The summed E-state index contributed by atoms with van der Waals surface area (Å²) in [4.78, 5) is 11.8. The van der Waals surface area contributed by atoms with Crippen molar-refractivity contribution in [3.8, 4) is 0 Å². The van der Waals surface area contributed by atoms with Gasteiger partial charge in [0.15, 0.2) is 0 Å².